The number of halogens is 2. The van der Waals surface area contributed by atoms with Crippen molar-refractivity contribution in [2.24, 2.45) is 5.92 Å². The standard InChI is InChI=1S/C27H32F2N6O3/c28-27(29)35-23-8-5-19(14-20(23)15-31-35)25(36)33-22(26(37)38)10-13-34-12-9-17(16-34)3-6-21-7-4-18-2-1-11-30-24(18)32-21/h4-5,7-8,14-15,17,22,27H,1-3,6,9-13,16H2,(H,30,32)(H,33,36)(H,37,38)/t17-,22-/m1/s1. The fourth-order valence-corrected chi connectivity index (χ4v) is 5.37. The highest BCUT2D eigenvalue weighted by Crippen LogP contribution is 2.25. The molecule has 202 valence electrons. The maximum absolute atomic E-state index is 13.0. The molecular formula is C27H32F2N6O3. The Kier molecular flexibility index (Phi) is 7.82. The normalized spacial score (nSPS) is 18.3. The molecule has 9 nitrogen and oxygen atoms in total. The third-order valence-electron chi connectivity index (χ3n) is 7.51. The Morgan fingerprint density at radius 2 is 2.11 bits per heavy atom. The van der Waals surface area contributed by atoms with E-state index in [1.807, 2.05) is 0 Å². The van der Waals surface area contributed by atoms with Gasteiger partial charge in [-0.05, 0) is 80.8 Å². The highest BCUT2D eigenvalue weighted by Gasteiger charge is 2.26. The Balaban J connectivity index is 1.10. The summed E-state index contributed by atoms with van der Waals surface area (Å²) >= 11 is 0. The molecule has 1 saturated heterocycles. The van der Waals surface area contributed by atoms with Gasteiger partial charge in [0.25, 0.3) is 5.91 Å². The third-order valence-corrected chi connectivity index (χ3v) is 7.51. The number of pyridine rings is 1. The van der Waals surface area contributed by atoms with Crippen LogP contribution in [0.4, 0.5) is 14.6 Å². The number of benzene rings is 1. The zero-order valence-electron chi connectivity index (χ0n) is 21.1. The molecule has 38 heavy (non-hydrogen) atoms. The lowest BCUT2D eigenvalue weighted by Gasteiger charge is -2.20. The topological polar surface area (TPSA) is 112 Å². The molecule has 0 saturated carbocycles. The van der Waals surface area contributed by atoms with E-state index in [1.165, 1.54) is 30.0 Å². The molecule has 2 aromatic heterocycles. The summed E-state index contributed by atoms with van der Waals surface area (Å²) in [6, 6.07) is 7.48. The van der Waals surface area contributed by atoms with Gasteiger partial charge < -0.3 is 20.6 Å². The molecule has 0 unspecified atom stereocenters. The predicted molar refractivity (Wildman–Crippen MR) is 138 cm³/mol. The summed E-state index contributed by atoms with van der Waals surface area (Å²) < 4.78 is 26.6. The number of carboxylic acids is 1. The lowest BCUT2D eigenvalue weighted by atomic mass is 10.00. The van der Waals surface area contributed by atoms with Crippen molar-refractivity contribution in [3.8, 4) is 0 Å². The minimum atomic E-state index is -2.79. The van der Waals surface area contributed by atoms with Crippen molar-refractivity contribution >= 4 is 28.6 Å². The average Bonchev–Trinajstić information content (AvgIpc) is 3.56. The first-order valence-electron chi connectivity index (χ1n) is 13.1. The fraction of sp³-hybridized carbons (Fsp3) is 0.481. The number of hydrogen-bond acceptors (Lipinski definition) is 6. The number of aliphatic carboxylic acids is 1. The highest BCUT2D eigenvalue weighted by atomic mass is 19.3. The van der Waals surface area contributed by atoms with Gasteiger partial charge in [-0.1, -0.05) is 6.07 Å². The van der Waals surface area contributed by atoms with Crippen LogP contribution in [0.1, 0.15) is 53.8 Å². The van der Waals surface area contributed by atoms with Crippen LogP contribution in [0.3, 0.4) is 0 Å². The van der Waals surface area contributed by atoms with Gasteiger partial charge in [0.15, 0.2) is 0 Å². The maximum Gasteiger partial charge on any atom is 0.333 e. The van der Waals surface area contributed by atoms with Gasteiger partial charge in [-0.25, -0.2) is 14.5 Å². The molecule has 2 aliphatic heterocycles. The number of alkyl halides is 2. The van der Waals surface area contributed by atoms with E-state index in [0.29, 0.717) is 22.5 Å². The van der Waals surface area contributed by atoms with E-state index in [9.17, 15) is 23.5 Å². The summed E-state index contributed by atoms with van der Waals surface area (Å²) in [4.78, 5) is 31.6. The van der Waals surface area contributed by atoms with Crippen molar-refractivity contribution < 1.29 is 23.5 Å². The minimum absolute atomic E-state index is 0.199. The number of likely N-dealkylation sites (tertiary alicyclic amines) is 1. The number of carboxylic acid groups (broad SMARTS) is 1. The molecule has 3 N–H and O–H groups in total. The summed E-state index contributed by atoms with van der Waals surface area (Å²) in [6.45, 7) is 0.547. The lowest BCUT2D eigenvalue weighted by molar-refractivity contribution is -0.139. The second kappa shape index (κ2) is 11.4. The van der Waals surface area contributed by atoms with Crippen LogP contribution in [0.2, 0.25) is 0 Å². The van der Waals surface area contributed by atoms with Gasteiger partial charge in [0, 0.05) is 36.3 Å². The number of nitrogens with one attached hydrogen (secondary N) is 2. The Labute approximate surface area is 219 Å². The van der Waals surface area contributed by atoms with E-state index in [-0.39, 0.29) is 17.5 Å². The maximum atomic E-state index is 13.0. The average molecular weight is 527 g/mol. The highest BCUT2D eigenvalue weighted by molar-refractivity contribution is 5.99. The zero-order chi connectivity index (χ0) is 26.6. The Morgan fingerprint density at radius 1 is 1.24 bits per heavy atom. The number of aromatic nitrogens is 3. The second-order valence-electron chi connectivity index (χ2n) is 10.1. The van der Waals surface area contributed by atoms with Crippen molar-refractivity contribution in [2.45, 2.75) is 51.1 Å². The monoisotopic (exact) mass is 526 g/mol. The summed E-state index contributed by atoms with van der Waals surface area (Å²) in [5.74, 6) is -0.116. The summed E-state index contributed by atoms with van der Waals surface area (Å²) in [5.41, 5.74) is 2.79. The van der Waals surface area contributed by atoms with Gasteiger partial charge >= 0.3 is 12.5 Å². The fourth-order valence-electron chi connectivity index (χ4n) is 5.37. The SMILES string of the molecule is O=C(N[C@H](CCN1CC[C@@H](CCc2ccc3c(n2)NCCC3)C1)C(=O)O)c1ccc2c(cnn2C(F)F)c1. The summed E-state index contributed by atoms with van der Waals surface area (Å²) in [5, 5.41) is 19.7. The number of fused-ring (bicyclic) bond motifs is 2. The van der Waals surface area contributed by atoms with Gasteiger partial charge in [0.2, 0.25) is 0 Å². The van der Waals surface area contributed by atoms with Gasteiger partial charge in [0.1, 0.15) is 11.9 Å². The first-order valence-corrected chi connectivity index (χ1v) is 13.1. The first-order chi connectivity index (χ1) is 18.4. The molecule has 2 aliphatic rings. The van der Waals surface area contributed by atoms with Crippen LogP contribution in [-0.4, -0.2) is 68.9 Å². The van der Waals surface area contributed by atoms with Gasteiger partial charge in [-0.3, -0.25) is 4.79 Å². The quantitative estimate of drug-likeness (QED) is 0.369. The third kappa shape index (κ3) is 5.93. The molecule has 0 spiro atoms. The number of aryl methyl sites for hydroxylation is 2. The van der Waals surface area contributed by atoms with Crippen molar-refractivity contribution in [1.29, 1.82) is 0 Å². The largest absolute Gasteiger partial charge is 0.480 e. The molecule has 1 fully saturated rings. The van der Waals surface area contributed by atoms with Gasteiger partial charge in [-0.15, -0.1) is 0 Å². The van der Waals surface area contributed by atoms with Crippen LogP contribution in [0.5, 0.6) is 0 Å². The molecule has 4 heterocycles. The van der Waals surface area contributed by atoms with Crippen LogP contribution < -0.4 is 10.6 Å². The van der Waals surface area contributed by atoms with E-state index < -0.39 is 24.5 Å². The molecule has 0 radical (unpaired) electrons. The number of rotatable bonds is 10. The molecule has 3 aromatic rings. The zero-order valence-corrected chi connectivity index (χ0v) is 21.1. The van der Waals surface area contributed by atoms with E-state index in [0.717, 1.165) is 63.3 Å². The Bertz CT molecular complexity index is 1310. The van der Waals surface area contributed by atoms with E-state index in [1.54, 1.807) is 0 Å². The minimum Gasteiger partial charge on any atom is -0.480 e. The Morgan fingerprint density at radius 3 is 2.92 bits per heavy atom. The van der Waals surface area contributed by atoms with Crippen molar-refractivity contribution in [1.82, 2.24) is 25.0 Å². The number of nitrogens with zero attached hydrogens (tertiary/aromatic N) is 4. The van der Waals surface area contributed by atoms with Crippen LogP contribution in [0.15, 0.2) is 36.5 Å². The van der Waals surface area contributed by atoms with Gasteiger partial charge in [0.05, 0.1) is 11.7 Å². The molecule has 11 heteroatoms. The van der Waals surface area contributed by atoms with Crippen LogP contribution in [0.25, 0.3) is 10.9 Å². The van der Waals surface area contributed by atoms with E-state index in [2.05, 4.69) is 32.8 Å². The van der Waals surface area contributed by atoms with Crippen molar-refractivity contribution in [2.75, 3.05) is 31.5 Å². The van der Waals surface area contributed by atoms with Crippen LogP contribution in [0, 0.1) is 5.92 Å². The van der Waals surface area contributed by atoms with Crippen LogP contribution in [-0.2, 0) is 17.6 Å². The number of carbonyl (C=O) groups excluding carboxylic acids is 1. The second-order valence-corrected chi connectivity index (χ2v) is 10.1. The lowest BCUT2D eigenvalue weighted by Crippen LogP contribution is -2.43. The smallest absolute Gasteiger partial charge is 0.333 e. The van der Waals surface area contributed by atoms with E-state index >= 15 is 0 Å². The number of carbonyl (C=O) groups is 2. The summed E-state index contributed by atoms with van der Waals surface area (Å²) in [6.07, 6.45) is 6.76. The number of amides is 1. The number of hydrogen-bond donors (Lipinski definition) is 3. The van der Waals surface area contributed by atoms with Gasteiger partial charge in [-0.2, -0.15) is 13.9 Å². The van der Waals surface area contributed by atoms with Crippen LogP contribution >= 0.6 is 0 Å². The molecule has 1 amide bonds. The predicted octanol–water partition coefficient (Wildman–Crippen LogP) is 3.71. The molecule has 0 aliphatic carbocycles. The number of anilines is 1. The molecular weight excluding hydrogens is 494 g/mol. The summed E-state index contributed by atoms with van der Waals surface area (Å²) in [7, 11) is 0. The molecule has 1 aromatic carbocycles. The molecule has 2 atom stereocenters. The van der Waals surface area contributed by atoms with Crippen molar-refractivity contribution in [3.05, 3.63) is 53.3 Å². The first kappa shape index (κ1) is 26.0. The Hall–Kier alpha value is -3.60. The molecule has 5 rings (SSSR count). The van der Waals surface area contributed by atoms with E-state index in [4.69, 9.17) is 4.98 Å². The molecule has 0 bridgehead atoms. The van der Waals surface area contributed by atoms with Crippen molar-refractivity contribution in [3.63, 3.8) is 0 Å².